The molecule has 3 rings (SSSR count). The number of carbonyl (C=O) groups excluding carboxylic acids is 1. The van der Waals surface area contributed by atoms with Crippen LogP contribution in [0.1, 0.15) is 29.4 Å². The Bertz CT molecular complexity index is 904. The lowest BCUT2D eigenvalue weighted by Gasteiger charge is -2.28. The Balaban J connectivity index is 2.02. The number of rotatable bonds is 4. The number of amides is 1. The van der Waals surface area contributed by atoms with E-state index in [2.05, 4.69) is 0 Å². The normalized spacial score (nSPS) is 15.6. The zero-order chi connectivity index (χ0) is 19.6. The van der Waals surface area contributed by atoms with E-state index < -0.39 is 17.1 Å². The second kappa shape index (κ2) is 8.02. The molecule has 0 bridgehead atoms. The van der Waals surface area contributed by atoms with Crippen molar-refractivity contribution in [3.63, 3.8) is 0 Å². The molecule has 1 amide bonds. The molecule has 1 atom stereocenters. The maximum absolute atomic E-state index is 12.8. The van der Waals surface area contributed by atoms with Gasteiger partial charge in [-0.05, 0) is 24.6 Å². The maximum Gasteiger partial charge on any atom is 0.227 e. The summed E-state index contributed by atoms with van der Waals surface area (Å²) in [7, 11) is 0. The van der Waals surface area contributed by atoms with Crippen LogP contribution in [0.15, 0.2) is 33.5 Å². The molecular formula is C19H20ClNO6. The molecule has 2 aromatic rings. The van der Waals surface area contributed by atoms with E-state index in [0.29, 0.717) is 37.6 Å². The van der Waals surface area contributed by atoms with E-state index in [9.17, 15) is 19.8 Å². The minimum atomic E-state index is -0.731. The molecule has 8 heteroatoms. The number of halogens is 1. The van der Waals surface area contributed by atoms with Crippen LogP contribution in [0.2, 0.25) is 5.02 Å². The van der Waals surface area contributed by atoms with Gasteiger partial charge in [-0.3, -0.25) is 9.59 Å². The quantitative estimate of drug-likeness (QED) is 0.827. The number of hydrogen-bond acceptors (Lipinski definition) is 6. The van der Waals surface area contributed by atoms with Crippen LogP contribution in [0.5, 0.6) is 11.5 Å². The molecule has 7 nitrogen and oxygen atoms in total. The molecule has 1 aliphatic heterocycles. The first-order valence-corrected chi connectivity index (χ1v) is 8.92. The fourth-order valence-corrected chi connectivity index (χ4v) is 3.27. The minimum Gasteiger partial charge on any atom is -0.506 e. The van der Waals surface area contributed by atoms with E-state index in [1.807, 2.05) is 0 Å². The molecule has 0 spiro atoms. The molecule has 2 N–H and O–H groups in total. The summed E-state index contributed by atoms with van der Waals surface area (Å²) in [4.78, 5) is 26.5. The van der Waals surface area contributed by atoms with Crippen LogP contribution < -0.4 is 5.43 Å². The Hall–Kier alpha value is -2.51. The summed E-state index contributed by atoms with van der Waals surface area (Å²) in [5.74, 6) is -1.20. The van der Waals surface area contributed by atoms with Crippen molar-refractivity contribution in [2.75, 3.05) is 26.3 Å². The lowest BCUT2D eigenvalue weighted by atomic mass is 9.91. The Kier molecular flexibility index (Phi) is 5.72. The number of ether oxygens (including phenoxy) is 1. The largest absolute Gasteiger partial charge is 0.506 e. The number of benzene rings is 1. The Morgan fingerprint density at radius 3 is 2.63 bits per heavy atom. The van der Waals surface area contributed by atoms with Gasteiger partial charge in [-0.25, -0.2) is 0 Å². The molecule has 1 unspecified atom stereocenters. The van der Waals surface area contributed by atoms with E-state index in [-0.39, 0.29) is 28.9 Å². The van der Waals surface area contributed by atoms with E-state index in [1.165, 1.54) is 18.2 Å². The van der Waals surface area contributed by atoms with Gasteiger partial charge in [0.15, 0.2) is 5.76 Å². The second-order valence-electron chi connectivity index (χ2n) is 6.39. The molecule has 144 valence electrons. The summed E-state index contributed by atoms with van der Waals surface area (Å²) in [6.45, 7) is 3.48. The van der Waals surface area contributed by atoms with E-state index in [1.54, 1.807) is 17.9 Å². The average Bonchev–Trinajstić information content (AvgIpc) is 2.66. The zero-order valence-corrected chi connectivity index (χ0v) is 15.5. The topological polar surface area (TPSA) is 100 Å². The highest BCUT2D eigenvalue weighted by atomic mass is 35.5. The highest BCUT2D eigenvalue weighted by Crippen LogP contribution is 2.36. The molecule has 1 aromatic heterocycles. The zero-order valence-electron chi connectivity index (χ0n) is 14.8. The molecule has 1 aliphatic rings. The summed E-state index contributed by atoms with van der Waals surface area (Å²) in [6.07, 6.45) is -0.0267. The van der Waals surface area contributed by atoms with Crippen LogP contribution in [0.4, 0.5) is 0 Å². The van der Waals surface area contributed by atoms with Gasteiger partial charge in [0.05, 0.1) is 24.2 Å². The summed E-state index contributed by atoms with van der Waals surface area (Å²) in [5, 5.41) is 20.1. The summed E-state index contributed by atoms with van der Waals surface area (Å²) in [5.41, 5.74) is -0.0362. The van der Waals surface area contributed by atoms with Gasteiger partial charge in [0, 0.05) is 25.6 Å². The third kappa shape index (κ3) is 4.26. The van der Waals surface area contributed by atoms with E-state index in [0.717, 1.165) is 0 Å². The van der Waals surface area contributed by atoms with Crippen LogP contribution >= 0.6 is 11.6 Å². The number of carbonyl (C=O) groups is 1. The lowest BCUT2D eigenvalue weighted by Crippen LogP contribution is -2.41. The van der Waals surface area contributed by atoms with Crippen molar-refractivity contribution in [1.29, 1.82) is 0 Å². The van der Waals surface area contributed by atoms with E-state index >= 15 is 0 Å². The fraction of sp³-hybridized carbons (Fsp3) is 0.368. The van der Waals surface area contributed by atoms with Gasteiger partial charge < -0.3 is 24.3 Å². The van der Waals surface area contributed by atoms with Crippen LogP contribution in [0.3, 0.4) is 0 Å². The van der Waals surface area contributed by atoms with Crippen LogP contribution in [-0.2, 0) is 9.53 Å². The Morgan fingerprint density at radius 2 is 1.96 bits per heavy atom. The van der Waals surface area contributed by atoms with Gasteiger partial charge in [0.1, 0.15) is 11.5 Å². The predicted molar refractivity (Wildman–Crippen MR) is 98.4 cm³/mol. The van der Waals surface area contributed by atoms with Crippen molar-refractivity contribution in [2.45, 2.75) is 19.3 Å². The van der Waals surface area contributed by atoms with Crippen molar-refractivity contribution in [2.24, 2.45) is 0 Å². The smallest absolute Gasteiger partial charge is 0.227 e. The standard InChI is InChI=1S/C19H20ClNO6/c1-11-8-16(23)18(25)19(27-11)13(12-2-3-15(22)14(20)9-12)10-17(24)21-4-6-26-7-5-21/h2-3,8-9,13,22,25H,4-7,10H2,1H3. The van der Waals surface area contributed by atoms with Gasteiger partial charge in [-0.2, -0.15) is 0 Å². The second-order valence-corrected chi connectivity index (χ2v) is 6.80. The van der Waals surface area contributed by atoms with Gasteiger partial charge in [-0.1, -0.05) is 17.7 Å². The fourth-order valence-electron chi connectivity index (χ4n) is 3.08. The third-order valence-corrected chi connectivity index (χ3v) is 4.81. The van der Waals surface area contributed by atoms with Crippen LogP contribution in [0.25, 0.3) is 0 Å². The monoisotopic (exact) mass is 393 g/mol. The van der Waals surface area contributed by atoms with Crippen molar-refractivity contribution < 1.29 is 24.2 Å². The van der Waals surface area contributed by atoms with Crippen molar-refractivity contribution in [1.82, 2.24) is 4.90 Å². The molecule has 0 radical (unpaired) electrons. The van der Waals surface area contributed by atoms with Crippen LogP contribution in [0, 0.1) is 6.92 Å². The molecule has 2 heterocycles. The summed E-state index contributed by atoms with van der Waals surface area (Å²) < 4.78 is 10.9. The summed E-state index contributed by atoms with van der Waals surface area (Å²) in [6, 6.07) is 5.66. The van der Waals surface area contributed by atoms with Crippen molar-refractivity contribution in [3.8, 4) is 11.5 Å². The molecule has 27 heavy (non-hydrogen) atoms. The number of hydrogen-bond donors (Lipinski definition) is 2. The molecule has 0 saturated carbocycles. The minimum absolute atomic E-state index is 0.00312. The first-order valence-electron chi connectivity index (χ1n) is 8.54. The summed E-state index contributed by atoms with van der Waals surface area (Å²) >= 11 is 6.02. The third-order valence-electron chi connectivity index (χ3n) is 4.51. The molecule has 1 fully saturated rings. The Labute approximate surface area is 160 Å². The maximum atomic E-state index is 12.8. The Morgan fingerprint density at radius 1 is 1.26 bits per heavy atom. The van der Waals surface area contributed by atoms with Gasteiger partial charge in [0.25, 0.3) is 0 Å². The van der Waals surface area contributed by atoms with Crippen molar-refractivity contribution >= 4 is 17.5 Å². The molecule has 1 aromatic carbocycles. The van der Waals surface area contributed by atoms with Gasteiger partial charge >= 0.3 is 0 Å². The first-order chi connectivity index (χ1) is 12.9. The number of aryl methyl sites for hydroxylation is 1. The average molecular weight is 394 g/mol. The molecule has 1 saturated heterocycles. The van der Waals surface area contributed by atoms with Gasteiger partial charge in [0.2, 0.25) is 17.1 Å². The molecular weight excluding hydrogens is 374 g/mol. The van der Waals surface area contributed by atoms with Gasteiger partial charge in [-0.15, -0.1) is 0 Å². The predicted octanol–water partition coefficient (Wildman–Crippen LogP) is 2.39. The molecule has 0 aliphatic carbocycles. The number of aromatic hydroxyl groups is 2. The number of nitrogens with zero attached hydrogens (tertiary/aromatic N) is 1. The number of morpholine rings is 1. The number of phenols is 1. The van der Waals surface area contributed by atoms with Crippen molar-refractivity contribution in [3.05, 3.63) is 56.6 Å². The highest BCUT2D eigenvalue weighted by Gasteiger charge is 2.29. The van der Waals surface area contributed by atoms with E-state index in [4.69, 9.17) is 20.8 Å². The lowest BCUT2D eigenvalue weighted by molar-refractivity contribution is -0.135. The van der Waals surface area contributed by atoms with Crippen LogP contribution in [-0.4, -0.2) is 47.3 Å². The first kappa shape index (κ1) is 19.3. The SMILES string of the molecule is Cc1cc(=O)c(O)c(C(CC(=O)N2CCOCC2)c2ccc(O)c(Cl)c2)o1. The number of phenolic OH excluding ortho intramolecular Hbond substituents is 1. The highest BCUT2D eigenvalue weighted by molar-refractivity contribution is 6.32.